The van der Waals surface area contributed by atoms with Crippen LogP contribution in [0.2, 0.25) is 0 Å². The summed E-state index contributed by atoms with van der Waals surface area (Å²) in [6.07, 6.45) is 0. The zero-order valence-electron chi connectivity index (χ0n) is 11.7. The number of methoxy groups -OCH3 is 1. The first kappa shape index (κ1) is 13.8. The van der Waals surface area contributed by atoms with E-state index in [9.17, 15) is 0 Å². The molecular weight excluding hydrogens is 240 g/mol. The summed E-state index contributed by atoms with van der Waals surface area (Å²) in [6, 6.07) is 8.35. The first-order valence-electron chi connectivity index (χ1n) is 6.39. The molecule has 2 rings (SSSR count). The van der Waals surface area contributed by atoms with Crippen LogP contribution in [0.3, 0.4) is 0 Å². The monoisotopic (exact) mass is 260 g/mol. The molecule has 0 aliphatic heterocycles. The molecule has 0 saturated carbocycles. The number of benzene rings is 1. The Kier molecular flexibility index (Phi) is 4.71. The summed E-state index contributed by atoms with van der Waals surface area (Å²) in [5, 5.41) is 3.33. The van der Waals surface area contributed by atoms with E-state index < -0.39 is 0 Å². The molecule has 2 aromatic rings. The minimum Gasteiger partial charge on any atom is -0.444 e. The molecule has 102 valence electrons. The van der Waals surface area contributed by atoms with E-state index >= 15 is 0 Å². The summed E-state index contributed by atoms with van der Waals surface area (Å²) in [4.78, 5) is 4.34. The van der Waals surface area contributed by atoms with Crippen LogP contribution in [0.5, 0.6) is 0 Å². The first-order valence-corrected chi connectivity index (χ1v) is 6.39. The molecule has 0 radical (unpaired) electrons. The minimum absolute atomic E-state index is 0.642. The molecule has 0 saturated heterocycles. The van der Waals surface area contributed by atoms with Crippen molar-refractivity contribution in [2.24, 2.45) is 0 Å². The standard InChI is InChI=1S/C15H20N2O2/c1-11-12(2)19-15(17-11)9-16-8-13-5-4-6-14(7-13)10-18-3/h4-7,16H,8-10H2,1-3H3. The molecule has 19 heavy (non-hydrogen) atoms. The second kappa shape index (κ2) is 6.50. The van der Waals surface area contributed by atoms with Gasteiger partial charge >= 0.3 is 0 Å². The predicted octanol–water partition coefficient (Wildman–Crippen LogP) is 2.73. The van der Waals surface area contributed by atoms with Crippen LogP contribution in [-0.4, -0.2) is 12.1 Å². The fourth-order valence-electron chi connectivity index (χ4n) is 1.92. The Morgan fingerprint density at radius 2 is 2.00 bits per heavy atom. The molecule has 1 heterocycles. The van der Waals surface area contributed by atoms with E-state index in [0.29, 0.717) is 13.2 Å². The van der Waals surface area contributed by atoms with Gasteiger partial charge in [-0.2, -0.15) is 0 Å². The molecule has 0 bridgehead atoms. The number of rotatable bonds is 6. The highest BCUT2D eigenvalue weighted by Gasteiger charge is 2.04. The molecule has 1 N–H and O–H groups in total. The number of aryl methyl sites for hydroxylation is 2. The summed E-state index contributed by atoms with van der Waals surface area (Å²) < 4.78 is 10.6. The van der Waals surface area contributed by atoms with Gasteiger partial charge in [-0.25, -0.2) is 4.98 Å². The Balaban J connectivity index is 1.86. The van der Waals surface area contributed by atoms with Gasteiger partial charge in [0.2, 0.25) is 5.89 Å². The summed E-state index contributed by atoms with van der Waals surface area (Å²) in [5.74, 6) is 1.63. The van der Waals surface area contributed by atoms with Crippen LogP contribution >= 0.6 is 0 Å². The van der Waals surface area contributed by atoms with Crippen molar-refractivity contribution in [1.82, 2.24) is 10.3 Å². The zero-order chi connectivity index (χ0) is 13.7. The van der Waals surface area contributed by atoms with Gasteiger partial charge in [-0.05, 0) is 25.0 Å². The van der Waals surface area contributed by atoms with Crippen LogP contribution in [0, 0.1) is 13.8 Å². The molecule has 1 aromatic heterocycles. The zero-order valence-corrected chi connectivity index (χ0v) is 11.7. The predicted molar refractivity (Wildman–Crippen MR) is 73.7 cm³/mol. The number of ether oxygens (including phenoxy) is 1. The van der Waals surface area contributed by atoms with E-state index in [1.54, 1.807) is 7.11 Å². The molecule has 0 aliphatic carbocycles. The molecule has 0 aliphatic rings. The average Bonchev–Trinajstić information content (AvgIpc) is 2.70. The van der Waals surface area contributed by atoms with Crippen LogP contribution in [0.1, 0.15) is 28.5 Å². The molecule has 0 spiro atoms. The minimum atomic E-state index is 0.642. The fraction of sp³-hybridized carbons (Fsp3) is 0.400. The quantitative estimate of drug-likeness (QED) is 0.867. The normalized spacial score (nSPS) is 10.9. The lowest BCUT2D eigenvalue weighted by molar-refractivity contribution is 0.185. The maximum atomic E-state index is 5.52. The van der Waals surface area contributed by atoms with Crippen molar-refractivity contribution in [3.05, 3.63) is 52.7 Å². The van der Waals surface area contributed by atoms with Gasteiger partial charge in [0.05, 0.1) is 18.8 Å². The van der Waals surface area contributed by atoms with E-state index in [1.165, 1.54) is 11.1 Å². The molecule has 0 atom stereocenters. The van der Waals surface area contributed by atoms with E-state index in [4.69, 9.17) is 9.15 Å². The average molecular weight is 260 g/mol. The lowest BCUT2D eigenvalue weighted by Gasteiger charge is -2.05. The van der Waals surface area contributed by atoms with Crippen molar-refractivity contribution in [2.45, 2.75) is 33.5 Å². The van der Waals surface area contributed by atoms with Gasteiger partial charge < -0.3 is 14.5 Å². The van der Waals surface area contributed by atoms with Crippen LogP contribution < -0.4 is 5.32 Å². The number of hydrogen-bond donors (Lipinski definition) is 1. The van der Waals surface area contributed by atoms with E-state index in [1.807, 2.05) is 19.9 Å². The first-order chi connectivity index (χ1) is 9.19. The highest BCUT2D eigenvalue weighted by atomic mass is 16.5. The topological polar surface area (TPSA) is 47.3 Å². The molecule has 4 heteroatoms. The van der Waals surface area contributed by atoms with Gasteiger partial charge in [-0.15, -0.1) is 0 Å². The third kappa shape index (κ3) is 3.91. The maximum absolute atomic E-state index is 5.52. The van der Waals surface area contributed by atoms with Gasteiger partial charge in [0, 0.05) is 13.7 Å². The lowest BCUT2D eigenvalue weighted by Crippen LogP contribution is -2.13. The molecule has 0 amide bonds. The van der Waals surface area contributed by atoms with Crippen LogP contribution in [0.4, 0.5) is 0 Å². The van der Waals surface area contributed by atoms with Crippen molar-refractivity contribution < 1.29 is 9.15 Å². The van der Waals surface area contributed by atoms with Gasteiger partial charge in [0.25, 0.3) is 0 Å². The third-order valence-corrected chi connectivity index (χ3v) is 2.98. The van der Waals surface area contributed by atoms with Crippen molar-refractivity contribution in [3.8, 4) is 0 Å². The van der Waals surface area contributed by atoms with E-state index in [0.717, 1.165) is 23.9 Å². The van der Waals surface area contributed by atoms with Gasteiger partial charge in [-0.3, -0.25) is 0 Å². The molecule has 0 unspecified atom stereocenters. The summed E-state index contributed by atoms with van der Waals surface area (Å²) >= 11 is 0. The molecule has 0 fully saturated rings. The van der Waals surface area contributed by atoms with Crippen LogP contribution in [-0.2, 0) is 24.4 Å². The number of nitrogens with one attached hydrogen (secondary N) is 1. The number of oxazole rings is 1. The Labute approximate surface area is 113 Å². The fourth-order valence-corrected chi connectivity index (χ4v) is 1.92. The Hall–Kier alpha value is -1.65. The number of aromatic nitrogens is 1. The summed E-state index contributed by atoms with van der Waals surface area (Å²) in [5.41, 5.74) is 3.37. The highest BCUT2D eigenvalue weighted by Crippen LogP contribution is 2.09. The number of nitrogens with zero attached hydrogens (tertiary/aromatic N) is 1. The maximum Gasteiger partial charge on any atom is 0.208 e. The Morgan fingerprint density at radius 3 is 2.68 bits per heavy atom. The van der Waals surface area contributed by atoms with Crippen molar-refractivity contribution in [1.29, 1.82) is 0 Å². The smallest absolute Gasteiger partial charge is 0.208 e. The van der Waals surface area contributed by atoms with Gasteiger partial charge in [0.1, 0.15) is 5.76 Å². The molecule has 4 nitrogen and oxygen atoms in total. The summed E-state index contributed by atoms with van der Waals surface area (Å²) in [6.45, 7) is 5.96. The highest BCUT2D eigenvalue weighted by molar-refractivity contribution is 5.22. The van der Waals surface area contributed by atoms with Crippen molar-refractivity contribution >= 4 is 0 Å². The van der Waals surface area contributed by atoms with E-state index in [-0.39, 0.29) is 0 Å². The van der Waals surface area contributed by atoms with Crippen molar-refractivity contribution in [3.63, 3.8) is 0 Å². The number of hydrogen-bond acceptors (Lipinski definition) is 4. The van der Waals surface area contributed by atoms with Crippen LogP contribution in [0.25, 0.3) is 0 Å². The summed E-state index contributed by atoms with van der Waals surface area (Å²) in [7, 11) is 1.71. The lowest BCUT2D eigenvalue weighted by atomic mass is 10.1. The SMILES string of the molecule is COCc1cccc(CNCc2nc(C)c(C)o2)c1. The third-order valence-electron chi connectivity index (χ3n) is 2.98. The second-order valence-corrected chi connectivity index (χ2v) is 4.61. The van der Waals surface area contributed by atoms with E-state index in [2.05, 4.69) is 28.5 Å². The second-order valence-electron chi connectivity index (χ2n) is 4.61. The largest absolute Gasteiger partial charge is 0.444 e. The molecular formula is C15H20N2O2. The van der Waals surface area contributed by atoms with Gasteiger partial charge in [-0.1, -0.05) is 24.3 Å². The Morgan fingerprint density at radius 1 is 1.21 bits per heavy atom. The Bertz CT molecular complexity index is 515. The van der Waals surface area contributed by atoms with Gasteiger partial charge in [0.15, 0.2) is 0 Å². The van der Waals surface area contributed by atoms with Crippen LogP contribution in [0.15, 0.2) is 28.7 Å². The molecule has 1 aromatic carbocycles. The van der Waals surface area contributed by atoms with Crippen molar-refractivity contribution in [2.75, 3.05) is 7.11 Å².